The van der Waals surface area contributed by atoms with Crippen molar-refractivity contribution < 1.29 is 4.74 Å². The lowest BCUT2D eigenvalue weighted by molar-refractivity contribution is 0.113. The Bertz CT molecular complexity index is 377. The Kier molecular flexibility index (Phi) is 3.85. The second-order valence-corrected chi connectivity index (χ2v) is 5.23. The van der Waals surface area contributed by atoms with Crippen LogP contribution in [0.15, 0.2) is 12.1 Å². The van der Waals surface area contributed by atoms with E-state index < -0.39 is 0 Å². The van der Waals surface area contributed by atoms with E-state index in [2.05, 4.69) is 45.1 Å². The van der Waals surface area contributed by atoms with E-state index in [0.29, 0.717) is 12.1 Å². The quantitative estimate of drug-likeness (QED) is 0.866. The summed E-state index contributed by atoms with van der Waals surface area (Å²) in [5.74, 6) is 0. The minimum atomic E-state index is 0.348. The van der Waals surface area contributed by atoms with Gasteiger partial charge in [-0.2, -0.15) is 0 Å². The molecular formula is C15H23NO. The Hall–Kier alpha value is -0.860. The molecule has 0 amide bonds. The number of hydrogen-bond acceptors (Lipinski definition) is 2. The summed E-state index contributed by atoms with van der Waals surface area (Å²) in [6.45, 7) is 10.6. The number of nitrogens with one attached hydrogen (secondary N) is 1. The summed E-state index contributed by atoms with van der Waals surface area (Å²) in [6, 6.07) is 5.03. The molecule has 94 valence electrons. The van der Waals surface area contributed by atoms with Gasteiger partial charge < -0.3 is 10.1 Å². The lowest BCUT2D eigenvalue weighted by Gasteiger charge is -2.18. The molecule has 0 spiro atoms. The van der Waals surface area contributed by atoms with Gasteiger partial charge in [-0.15, -0.1) is 0 Å². The number of rotatable bonds is 3. The molecule has 1 aromatic carbocycles. The summed E-state index contributed by atoms with van der Waals surface area (Å²) in [6.07, 6.45) is 1.48. The summed E-state index contributed by atoms with van der Waals surface area (Å²) in [5, 5.41) is 3.62. The SMILES string of the molecule is Cc1cc(C)c(CNC2CCOC2C)c(C)c1. The van der Waals surface area contributed by atoms with Crippen LogP contribution in [-0.2, 0) is 11.3 Å². The molecule has 0 aromatic heterocycles. The van der Waals surface area contributed by atoms with E-state index in [1.165, 1.54) is 22.3 Å². The molecule has 1 fully saturated rings. The van der Waals surface area contributed by atoms with Gasteiger partial charge in [0, 0.05) is 19.2 Å². The number of aryl methyl sites for hydroxylation is 3. The van der Waals surface area contributed by atoms with Crippen LogP contribution < -0.4 is 5.32 Å². The normalized spacial score (nSPS) is 24.2. The van der Waals surface area contributed by atoms with Gasteiger partial charge in [-0.25, -0.2) is 0 Å². The fourth-order valence-electron chi connectivity index (χ4n) is 2.72. The first-order valence-electron chi connectivity index (χ1n) is 6.49. The van der Waals surface area contributed by atoms with Crippen LogP contribution in [0.5, 0.6) is 0 Å². The van der Waals surface area contributed by atoms with Crippen LogP contribution in [0.4, 0.5) is 0 Å². The number of ether oxygens (including phenoxy) is 1. The van der Waals surface area contributed by atoms with E-state index in [1.807, 2.05) is 0 Å². The Labute approximate surface area is 104 Å². The molecule has 2 unspecified atom stereocenters. The van der Waals surface area contributed by atoms with Crippen molar-refractivity contribution in [2.24, 2.45) is 0 Å². The maximum absolute atomic E-state index is 5.57. The fraction of sp³-hybridized carbons (Fsp3) is 0.600. The number of benzene rings is 1. The average molecular weight is 233 g/mol. The first-order valence-corrected chi connectivity index (χ1v) is 6.49. The Balaban J connectivity index is 2.04. The highest BCUT2D eigenvalue weighted by molar-refractivity contribution is 5.37. The van der Waals surface area contributed by atoms with Crippen molar-refractivity contribution in [2.75, 3.05) is 6.61 Å². The first-order chi connectivity index (χ1) is 8.08. The minimum Gasteiger partial charge on any atom is -0.377 e. The van der Waals surface area contributed by atoms with Crippen molar-refractivity contribution in [1.82, 2.24) is 5.32 Å². The van der Waals surface area contributed by atoms with E-state index in [0.717, 1.165) is 19.6 Å². The monoisotopic (exact) mass is 233 g/mol. The van der Waals surface area contributed by atoms with Crippen LogP contribution in [0.25, 0.3) is 0 Å². The van der Waals surface area contributed by atoms with Gasteiger partial charge >= 0.3 is 0 Å². The summed E-state index contributed by atoms with van der Waals surface area (Å²) in [5.41, 5.74) is 5.57. The zero-order valence-electron chi connectivity index (χ0n) is 11.3. The van der Waals surface area contributed by atoms with E-state index >= 15 is 0 Å². The highest BCUT2D eigenvalue weighted by Crippen LogP contribution is 2.18. The second-order valence-electron chi connectivity index (χ2n) is 5.23. The predicted molar refractivity (Wildman–Crippen MR) is 71.3 cm³/mol. The molecule has 17 heavy (non-hydrogen) atoms. The fourth-order valence-corrected chi connectivity index (χ4v) is 2.72. The Morgan fingerprint density at radius 1 is 1.24 bits per heavy atom. The van der Waals surface area contributed by atoms with Gasteiger partial charge in [0.2, 0.25) is 0 Å². The molecule has 1 N–H and O–H groups in total. The van der Waals surface area contributed by atoms with Gasteiger partial charge in [-0.3, -0.25) is 0 Å². The molecule has 0 saturated carbocycles. The molecule has 1 saturated heterocycles. The topological polar surface area (TPSA) is 21.3 Å². The maximum Gasteiger partial charge on any atom is 0.0700 e. The van der Waals surface area contributed by atoms with Crippen LogP contribution in [0.3, 0.4) is 0 Å². The third-order valence-electron chi connectivity index (χ3n) is 3.76. The lowest BCUT2D eigenvalue weighted by Crippen LogP contribution is -2.34. The van der Waals surface area contributed by atoms with Gasteiger partial charge in [-0.1, -0.05) is 17.7 Å². The highest BCUT2D eigenvalue weighted by atomic mass is 16.5. The van der Waals surface area contributed by atoms with Crippen molar-refractivity contribution in [2.45, 2.75) is 52.8 Å². The van der Waals surface area contributed by atoms with Crippen molar-refractivity contribution in [3.05, 3.63) is 34.4 Å². The van der Waals surface area contributed by atoms with Crippen molar-refractivity contribution in [1.29, 1.82) is 0 Å². The third kappa shape index (κ3) is 2.88. The zero-order valence-corrected chi connectivity index (χ0v) is 11.3. The maximum atomic E-state index is 5.57. The van der Waals surface area contributed by atoms with E-state index in [1.54, 1.807) is 0 Å². The van der Waals surface area contributed by atoms with Crippen LogP contribution in [0, 0.1) is 20.8 Å². The van der Waals surface area contributed by atoms with Crippen LogP contribution >= 0.6 is 0 Å². The molecule has 2 atom stereocenters. The smallest absolute Gasteiger partial charge is 0.0700 e. The molecule has 0 bridgehead atoms. The van der Waals surface area contributed by atoms with Gasteiger partial charge in [0.05, 0.1) is 6.10 Å². The van der Waals surface area contributed by atoms with Crippen LogP contribution in [0.1, 0.15) is 35.6 Å². The molecule has 1 aromatic rings. The summed E-state index contributed by atoms with van der Waals surface area (Å²) in [4.78, 5) is 0. The van der Waals surface area contributed by atoms with Crippen LogP contribution in [0.2, 0.25) is 0 Å². The lowest BCUT2D eigenvalue weighted by atomic mass is 9.99. The Morgan fingerprint density at radius 2 is 1.88 bits per heavy atom. The third-order valence-corrected chi connectivity index (χ3v) is 3.76. The van der Waals surface area contributed by atoms with Gasteiger partial charge in [0.1, 0.15) is 0 Å². The second kappa shape index (κ2) is 5.19. The molecule has 1 aliphatic rings. The molecule has 1 heterocycles. The average Bonchev–Trinajstić information content (AvgIpc) is 2.62. The molecule has 2 heteroatoms. The minimum absolute atomic E-state index is 0.348. The van der Waals surface area contributed by atoms with Crippen molar-refractivity contribution >= 4 is 0 Å². The summed E-state index contributed by atoms with van der Waals surface area (Å²) in [7, 11) is 0. The van der Waals surface area contributed by atoms with E-state index in [4.69, 9.17) is 4.74 Å². The molecule has 2 nitrogen and oxygen atoms in total. The summed E-state index contributed by atoms with van der Waals surface area (Å²) >= 11 is 0. The predicted octanol–water partition coefficient (Wildman–Crippen LogP) is 2.88. The van der Waals surface area contributed by atoms with Crippen molar-refractivity contribution in [3.63, 3.8) is 0 Å². The number of hydrogen-bond donors (Lipinski definition) is 1. The summed E-state index contributed by atoms with van der Waals surface area (Å²) < 4.78 is 5.57. The van der Waals surface area contributed by atoms with E-state index in [9.17, 15) is 0 Å². The van der Waals surface area contributed by atoms with Gasteiger partial charge in [-0.05, 0) is 50.8 Å². The molecule has 0 aliphatic carbocycles. The van der Waals surface area contributed by atoms with Gasteiger partial charge in [0.25, 0.3) is 0 Å². The van der Waals surface area contributed by atoms with E-state index in [-0.39, 0.29) is 0 Å². The van der Waals surface area contributed by atoms with Gasteiger partial charge in [0.15, 0.2) is 0 Å². The van der Waals surface area contributed by atoms with Crippen LogP contribution in [-0.4, -0.2) is 18.8 Å². The molecule has 0 radical (unpaired) electrons. The molecule has 2 rings (SSSR count). The molecular weight excluding hydrogens is 210 g/mol. The standard InChI is InChI=1S/C15H23NO/c1-10-7-11(2)14(12(3)8-10)9-16-15-5-6-17-13(15)4/h7-8,13,15-16H,5-6,9H2,1-4H3. The Morgan fingerprint density at radius 3 is 2.41 bits per heavy atom. The largest absolute Gasteiger partial charge is 0.377 e. The van der Waals surface area contributed by atoms with Crippen molar-refractivity contribution in [3.8, 4) is 0 Å². The first kappa shape index (κ1) is 12.6. The highest BCUT2D eigenvalue weighted by Gasteiger charge is 2.23. The zero-order chi connectivity index (χ0) is 12.4. The molecule has 1 aliphatic heterocycles.